The van der Waals surface area contributed by atoms with Crippen molar-refractivity contribution in [1.82, 2.24) is 5.32 Å². The summed E-state index contributed by atoms with van der Waals surface area (Å²) in [6, 6.07) is 6.37. The Kier molecular flexibility index (Phi) is 4.07. The van der Waals surface area contributed by atoms with Crippen LogP contribution in [0.1, 0.15) is 29.5 Å². The monoisotopic (exact) mass is 267 g/mol. The van der Waals surface area contributed by atoms with Crippen molar-refractivity contribution in [2.75, 3.05) is 11.5 Å². The Labute approximate surface area is 110 Å². The predicted molar refractivity (Wildman–Crippen MR) is 74.4 cm³/mol. The van der Waals surface area contributed by atoms with Gasteiger partial charge in [0.1, 0.15) is 0 Å². The number of hydrogen-bond donors (Lipinski definition) is 1. The molecule has 1 N–H and O–H groups in total. The second-order valence-electron chi connectivity index (χ2n) is 5.20. The number of rotatable bonds is 3. The van der Waals surface area contributed by atoms with Crippen LogP contribution >= 0.6 is 0 Å². The number of benzene rings is 1. The summed E-state index contributed by atoms with van der Waals surface area (Å²) in [6.45, 7) is 4.96. The van der Waals surface area contributed by atoms with Crippen LogP contribution in [0.3, 0.4) is 0 Å². The zero-order valence-corrected chi connectivity index (χ0v) is 11.9. The van der Waals surface area contributed by atoms with Crippen molar-refractivity contribution >= 4 is 9.84 Å². The topological polar surface area (TPSA) is 46.2 Å². The molecule has 1 aliphatic heterocycles. The lowest BCUT2D eigenvalue weighted by molar-refractivity contribution is 0.479. The highest BCUT2D eigenvalue weighted by molar-refractivity contribution is 7.91. The molecule has 0 aromatic heterocycles. The maximum absolute atomic E-state index is 11.6. The quantitative estimate of drug-likeness (QED) is 0.911. The summed E-state index contributed by atoms with van der Waals surface area (Å²) in [6.07, 6.45) is 1.75. The SMILES string of the molecule is Cc1cccc(C)c1CNC1CCCS(=O)(=O)C1. The molecule has 1 fully saturated rings. The standard InChI is InChI=1S/C14H21NO2S/c1-11-5-3-6-12(2)14(11)9-15-13-7-4-8-18(16,17)10-13/h3,5-6,13,15H,4,7-10H2,1-2H3. The van der Waals surface area contributed by atoms with Gasteiger partial charge >= 0.3 is 0 Å². The van der Waals surface area contributed by atoms with Gasteiger partial charge in [0, 0.05) is 12.6 Å². The normalized spacial score (nSPS) is 22.9. The fourth-order valence-corrected chi connectivity index (χ4v) is 4.23. The van der Waals surface area contributed by atoms with E-state index in [1.807, 2.05) is 0 Å². The van der Waals surface area contributed by atoms with E-state index in [-0.39, 0.29) is 11.8 Å². The summed E-state index contributed by atoms with van der Waals surface area (Å²) in [4.78, 5) is 0. The fourth-order valence-electron chi connectivity index (χ4n) is 2.56. The van der Waals surface area contributed by atoms with Gasteiger partial charge < -0.3 is 5.32 Å². The second-order valence-corrected chi connectivity index (χ2v) is 7.43. The lowest BCUT2D eigenvalue weighted by atomic mass is 10.0. The second kappa shape index (κ2) is 5.41. The molecule has 100 valence electrons. The zero-order chi connectivity index (χ0) is 13.2. The molecule has 4 heteroatoms. The molecule has 1 saturated heterocycles. The lowest BCUT2D eigenvalue weighted by Gasteiger charge is -2.24. The van der Waals surface area contributed by atoms with Crippen molar-refractivity contribution in [2.24, 2.45) is 0 Å². The first kappa shape index (κ1) is 13.6. The molecule has 2 rings (SSSR count). The largest absolute Gasteiger partial charge is 0.309 e. The van der Waals surface area contributed by atoms with E-state index in [2.05, 4.69) is 37.4 Å². The van der Waals surface area contributed by atoms with Gasteiger partial charge in [-0.25, -0.2) is 8.42 Å². The molecule has 1 heterocycles. The van der Waals surface area contributed by atoms with Crippen LogP contribution in [0.2, 0.25) is 0 Å². The Bertz CT molecular complexity index is 502. The molecule has 0 amide bonds. The lowest BCUT2D eigenvalue weighted by Crippen LogP contribution is -2.39. The number of sulfone groups is 1. The Morgan fingerprint density at radius 2 is 1.94 bits per heavy atom. The number of aryl methyl sites for hydroxylation is 2. The highest BCUT2D eigenvalue weighted by Crippen LogP contribution is 2.16. The molecule has 0 aliphatic carbocycles. The van der Waals surface area contributed by atoms with E-state index in [0.717, 1.165) is 19.4 Å². The van der Waals surface area contributed by atoms with E-state index in [0.29, 0.717) is 5.75 Å². The van der Waals surface area contributed by atoms with Crippen LogP contribution in [0.15, 0.2) is 18.2 Å². The van der Waals surface area contributed by atoms with E-state index in [9.17, 15) is 8.42 Å². The summed E-state index contributed by atoms with van der Waals surface area (Å²) in [5.74, 6) is 0.645. The molecule has 1 aromatic rings. The van der Waals surface area contributed by atoms with E-state index >= 15 is 0 Å². The number of nitrogens with one attached hydrogen (secondary N) is 1. The molecule has 1 atom stereocenters. The van der Waals surface area contributed by atoms with Crippen LogP contribution in [0, 0.1) is 13.8 Å². The summed E-state index contributed by atoms with van der Waals surface area (Å²) in [7, 11) is -2.82. The first-order valence-corrected chi connectivity index (χ1v) is 8.29. The zero-order valence-electron chi connectivity index (χ0n) is 11.1. The Balaban J connectivity index is 2.00. The predicted octanol–water partition coefficient (Wildman–Crippen LogP) is 1.97. The van der Waals surface area contributed by atoms with Crippen molar-refractivity contribution in [2.45, 2.75) is 39.3 Å². The highest BCUT2D eigenvalue weighted by atomic mass is 32.2. The van der Waals surface area contributed by atoms with E-state index in [1.54, 1.807) is 0 Å². The molecule has 1 unspecified atom stereocenters. The van der Waals surface area contributed by atoms with Crippen molar-refractivity contribution < 1.29 is 8.42 Å². The third-order valence-corrected chi connectivity index (χ3v) is 5.50. The molecule has 0 spiro atoms. The average molecular weight is 267 g/mol. The first-order chi connectivity index (χ1) is 8.48. The minimum Gasteiger partial charge on any atom is -0.309 e. The summed E-state index contributed by atoms with van der Waals surface area (Å²) < 4.78 is 23.1. The van der Waals surface area contributed by atoms with Gasteiger partial charge in [-0.3, -0.25) is 0 Å². The van der Waals surface area contributed by atoms with Crippen molar-refractivity contribution in [3.05, 3.63) is 34.9 Å². The third-order valence-electron chi connectivity index (χ3n) is 3.68. The van der Waals surface area contributed by atoms with E-state index in [4.69, 9.17) is 0 Å². The van der Waals surface area contributed by atoms with Gasteiger partial charge in [0.15, 0.2) is 9.84 Å². The van der Waals surface area contributed by atoms with Gasteiger partial charge in [-0.15, -0.1) is 0 Å². The van der Waals surface area contributed by atoms with Crippen LogP contribution in [-0.4, -0.2) is 26.0 Å². The van der Waals surface area contributed by atoms with Gasteiger partial charge in [0.05, 0.1) is 11.5 Å². The van der Waals surface area contributed by atoms with E-state index in [1.165, 1.54) is 16.7 Å². The molecular formula is C14H21NO2S. The van der Waals surface area contributed by atoms with Crippen LogP contribution in [0.4, 0.5) is 0 Å². The third kappa shape index (κ3) is 3.33. The maximum atomic E-state index is 11.6. The summed E-state index contributed by atoms with van der Waals surface area (Å²) in [5.41, 5.74) is 3.82. The van der Waals surface area contributed by atoms with Gasteiger partial charge in [0.25, 0.3) is 0 Å². The molecular weight excluding hydrogens is 246 g/mol. The van der Waals surface area contributed by atoms with Crippen molar-refractivity contribution in [3.8, 4) is 0 Å². The van der Waals surface area contributed by atoms with Gasteiger partial charge in [-0.1, -0.05) is 18.2 Å². The first-order valence-electron chi connectivity index (χ1n) is 6.47. The fraction of sp³-hybridized carbons (Fsp3) is 0.571. The molecule has 0 radical (unpaired) electrons. The highest BCUT2D eigenvalue weighted by Gasteiger charge is 2.24. The molecule has 18 heavy (non-hydrogen) atoms. The Hall–Kier alpha value is -0.870. The average Bonchev–Trinajstić information content (AvgIpc) is 2.27. The summed E-state index contributed by atoms with van der Waals surface area (Å²) >= 11 is 0. The Morgan fingerprint density at radius 3 is 2.56 bits per heavy atom. The minimum absolute atomic E-state index is 0.114. The van der Waals surface area contributed by atoms with Crippen molar-refractivity contribution in [3.63, 3.8) is 0 Å². The molecule has 3 nitrogen and oxygen atoms in total. The van der Waals surface area contributed by atoms with Gasteiger partial charge in [-0.05, 0) is 43.4 Å². The molecule has 0 saturated carbocycles. The van der Waals surface area contributed by atoms with Crippen LogP contribution in [0.5, 0.6) is 0 Å². The van der Waals surface area contributed by atoms with Crippen molar-refractivity contribution in [1.29, 1.82) is 0 Å². The van der Waals surface area contributed by atoms with Crippen LogP contribution < -0.4 is 5.32 Å². The molecule has 1 aromatic carbocycles. The molecule has 0 bridgehead atoms. The van der Waals surface area contributed by atoms with Gasteiger partial charge in [0.2, 0.25) is 0 Å². The smallest absolute Gasteiger partial charge is 0.151 e. The van der Waals surface area contributed by atoms with Gasteiger partial charge in [-0.2, -0.15) is 0 Å². The molecule has 1 aliphatic rings. The summed E-state index contributed by atoms with van der Waals surface area (Å²) in [5, 5.41) is 3.40. The van der Waals surface area contributed by atoms with Crippen LogP contribution in [0.25, 0.3) is 0 Å². The Morgan fingerprint density at radius 1 is 1.28 bits per heavy atom. The minimum atomic E-state index is -2.82. The van der Waals surface area contributed by atoms with Crippen LogP contribution in [-0.2, 0) is 16.4 Å². The van der Waals surface area contributed by atoms with E-state index < -0.39 is 9.84 Å². The number of hydrogen-bond acceptors (Lipinski definition) is 3. The maximum Gasteiger partial charge on any atom is 0.151 e.